The van der Waals surface area contributed by atoms with Gasteiger partial charge in [0.05, 0.1) is 12.7 Å². The lowest BCUT2D eigenvalue weighted by atomic mass is 10.1. The first-order chi connectivity index (χ1) is 13.3. The summed E-state index contributed by atoms with van der Waals surface area (Å²) in [4.78, 5) is 12.0. The van der Waals surface area contributed by atoms with Crippen molar-refractivity contribution in [3.05, 3.63) is 65.5 Å². The number of benzene rings is 2. The van der Waals surface area contributed by atoms with Gasteiger partial charge in [0, 0.05) is 12.1 Å². The molecule has 6 nitrogen and oxygen atoms in total. The zero-order valence-electron chi connectivity index (χ0n) is 14.8. The number of alkyl halides is 3. The van der Waals surface area contributed by atoms with E-state index in [2.05, 4.69) is 15.5 Å². The largest absolute Gasteiger partial charge is 0.497 e. The standard InChI is InChI=1S/C19H16F3N3O3/c1-27-15-7-5-13(6-8-15)18-25-24-17(28-18)10-16(26)23-11-12-3-2-4-14(9-12)19(20,21)22/h2-9H,10-11H2,1H3,(H,23,26). The summed E-state index contributed by atoms with van der Waals surface area (Å²) in [6.45, 7) is -0.0395. The van der Waals surface area contributed by atoms with E-state index in [1.807, 2.05) is 0 Å². The van der Waals surface area contributed by atoms with Crippen molar-refractivity contribution in [2.24, 2.45) is 0 Å². The number of nitrogens with one attached hydrogen (secondary N) is 1. The molecule has 146 valence electrons. The SMILES string of the molecule is COc1ccc(-c2nnc(CC(=O)NCc3cccc(C(F)(F)F)c3)o2)cc1. The number of ether oxygens (including phenoxy) is 1. The number of amides is 1. The molecule has 0 aliphatic heterocycles. The van der Waals surface area contributed by atoms with Crippen LogP contribution in [-0.2, 0) is 23.9 Å². The molecule has 0 radical (unpaired) electrons. The van der Waals surface area contributed by atoms with Gasteiger partial charge >= 0.3 is 6.18 Å². The molecule has 1 aromatic heterocycles. The Hall–Kier alpha value is -3.36. The van der Waals surface area contributed by atoms with Crippen LogP contribution in [0.5, 0.6) is 5.75 Å². The lowest BCUT2D eigenvalue weighted by Gasteiger charge is -2.09. The smallest absolute Gasteiger partial charge is 0.416 e. The van der Waals surface area contributed by atoms with E-state index in [1.54, 1.807) is 31.4 Å². The fourth-order valence-corrected chi connectivity index (χ4v) is 2.43. The summed E-state index contributed by atoms with van der Waals surface area (Å²) >= 11 is 0. The molecule has 28 heavy (non-hydrogen) atoms. The summed E-state index contributed by atoms with van der Waals surface area (Å²) in [5.74, 6) is 0.593. The Bertz CT molecular complexity index is 953. The molecule has 0 aliphatic carbocycles. The van der Waals surface area contributed by atoms with Crippen LogP contribution in [-0.4, -0.2) is 23.2 Å². The number of carbonyl (C=O) groups is 1. The van der Waals surface area contributed by atoms with Crippen molar-refractivity contribution >= 4 is 5.91 Å². The summed E-state index contributed by atoms with van der Waals surface area (Å²) < 4.78 is 48.7. The lowest BCUT2D eigenvalue weighted by Crippen LogP contribution is -2.24. The number of rotatable bonds is 6. The first kappa shape index (κ1) is 19.4. The summed E-state index contributed by atoms with van der Waals surface area (Å²) in [7, 11) is 1.55. The van der Waals surface area contributed by atoms with Crippen LogP contribution in [0.1, 0.15) is 17.0 Å². The molecule has 0 saturated carbocycles. The molecule has 0 bridgehead atoms. The molecule has 0 atom stereocenters. The second-order valence-electron chi connectivity index (χ2n) is 5.88. The van der Waals surface area contributed by atoms with Gasteiger partial charge in [-0.25, -0.2) is 0 Å². The Morgan fingerprint density at radius 1 is 1.14 bits per heavy atom. The predicted molar refractivity (Wildman–Crippen MR) is 93.3 cm³/mol. The van der Waals surface area contributed by atoms with Gasteiger partial charge in [-0.2, -0.15) is 13.2 Å². The first-order valence-corrected chi connectivity index (χ1v) is 8.25. The highest BCUT2D eigenvalue weighted by molar-refractivity contribution is 5.77. The zero-order chi connectivity index (χ0) is 20.1. The molecule has 1 amide bonds. The first-order valence-electron chi connectivity index (χ1n) is 8.25. The van der Waals surface area contributed by atoms with E-state index in [9.17, 15) is 18.0 Å². The quantitative estimate of drug-likeness (QED) is 0.695. The maximum absolute atomic E-state index is 12.7. The fraction of sp³-hybridized carbons (Fsp3) is 0.211. The molecule has 3 aromatic rings. The summed E-state index contributed by atoms with van der Waals surface area (Å²) in [6.07, 6.45) is -4.61. The normalized spacial score (nSPS) is 11.3. The molecule has 0 saturated heterocycles. The monoisotopic (exact) mass is 391 g/mol. The number of nitrogens with zero attached hydrogens (tertiary/aromatic N) is 2. The predicted octanol–water partition coefficient (Wildman–Crippen LogP) is 3.62. The molecule has 1 heterocycles. The Balaban J connectivity index is 1.57. The molecule has 0 aliphatic rings. The number of hydrogen-bond acceptors (Lipinski definition) is 5. The van der Waals surface area contributed by atoms with Crippen LogP contribution < -0.4 is 10.1 Å². The molecule has 2 aromatic carbocycles. The van der Waals surface area contributed by atoms with Gasteiger partial charge in [-0.1, -0.05) is 12.1 Å². The van der Waals surface area contributed by atoms with Crippen LogP contribution in [0.25, 0.3) is 11.5 Å². The van der Waals surface area contributed by atoms with Crippen molar-refractivity contribution in [2.45, 2.75) is 19.1 Å². The topological polar surface area (TPSA) is 77.2 Å². The molecule has 9 heteroatoms. The van der Waals surface area contributed by atoms with Crippen molar-refractivity contribution in [2.75, 3.05) is 7.11 Å². The number of halogens is 3. The average molecular weight is 391 g/mol. The second-order valence-corrected chi connectivity index (χ2v) is 5.88. The highest BCUT2D eigenvalue weighted by Crippen LogP contribution is 2.29. The van der Waals surface area contributed by atoms with Gasteiger partial charge in [0.1, 0.15) is 12.2 Å². The van der Waals surface area contributed by atoms with Crippen LogP contribution >= 0.6 is 0 Å². The van der Waals surface area contributed by atoms with Gasteiger partial charge in [-0.05, 0) is 42.0 Å². The molecule has 0 unspecified atom stereocenters. The third kappa shape index (κ3) is 4.87. The minimum absolute atomic E-state index is 0.0395. The highest BCUT2D eigenvalue weighted by Gasteiger charge is 2.30. The van der Waals surface area contributed by atoms with Crippen molar-refractivity contribution in [3.63, 3.8) is 0 Å². The van der Waals surface area contributed by atoms with E-state index < -0.39 is 17.6 Å². The van der Waals surface area contributed by atoms with Crippen molar-refractivity contribution in [3.8, 4) is 17.2 Å². The minimum Gasteiger partial charge on any atom is -0.497 e. The van der Waals surface area contributed by atoms with Crippen molar-refractivity contribution in [1.82, 2.24) is 15.5 Å². The number of carbonyl (C=O) groups excluding carboxylic acids is 1. The molecular formula is C19H16F3N3O3. The van der Waals surface area contributed by atoms with E-state index in [0.29, 0.717) is 16.9 Å². The second kappa shape index (κ2) is 8.12. The van der Waals surface area contributed by atoms with Crippen molar-refractivity contribution in [1.29, 1.82) is 0 Å². The summed E-state index contributed by atoms with van der Waals surface area (Å²) in [5, 5.41) is 10.2. The van der Waals surface area contributed by atoms with E-state index in [1.165, 1.54) is 12.1 Å². The van der Waals surface area contributed by atoms with Crippen LogP contribution in [0, 0.1) is 0 Å². The van der Waals surface area contributed by atoms with Gasteiger partial charge in [0.25, 0.3) is 0 Å². The summed E-state index contributed by atoms with van der Waals surface area (Å²) in [6, 6.07) is 11.7. The number of methoxy groups -OCH3 is 1. The van der Waals surface area contributed by atoms with Gasteiger partial charge in [-0.15, -0.1) is 10.2 Å². The zero-order valence-corrected chi connectivity index (χ0v) is 14.8. The molecule has 0 fully saturated rings. The Morgan fingerprint density at radius 2 is 1.89 bits per heavy atom. The van der Waals surface area contributed by atoms with E-state index in [-0.39, 0.29) is 24.7 Å². The van der Waals surface area contributed by atoms with Crippen LogP contribution in [0.3, 0.4) is 0 Å². The highest BCUT2D eigenvalue weighted by atomic mass is 19.4. The molecular weight excluding hydrogens is 375 g/mol. The van der Waals surface area contributed by atoms with Gasteiger partial charge in [0.15, 0.2) is 0 Å². The summed E-state index contributed by atoms with van der Waals surface area (Å²) in [5.41, 5.74) is 0.247. The number of hydrogen-bond donors (Lipinski definition) is 1. The van der Waals surface area contributed by atoms with Crippen LogP contribution in [0.2, 0.25) is 0 Å². The third-order valence-electron chi connectivity index (χ3n) is 3.86. The van der Waals surface area contributed by atoms with Gasteiger partial charge in [-0.3, -0.25) is 4.79 Å². The van der Waals surface area contributed by atoms with Crippen LogP contribution in [0.15, 0.2) is 52.9 Å². The van der Waals surface area contributed by atoms with Gasteiger partial charge < -0.3 is 14.5 Å². The molecule has 1 N–H and O–H groups in total. The molecule has 0 spiro atoms. The third-order valence-corrected chi connectivity index (χ3v) is 3.86. The van der Waals surface area contributed by atoms with E-state index in [4.69, 9.17) is 9.15 Å². The minimum atomic E-state index is -4.43. The van der Waals surface area contributed by atoms with E-state index in [0.717, 1.165) is 12.1 Å². The Kier molecular flexibility index (Phi) is 5.62. The van der Waals surface area contributed by atoms with Crippen LogP contribution in [0.4, 0.5) is 13.2 Å². The molecule has 3 rings (SSSR count). The number of aromatic nitrogens is 2. The van der Waals surface area contributed by atoms with Gasteiger partial charge in [0.2, 0.25) is 17.7 Å². The Morgan fingerprint density at radius 3 is 2.57 bits per heavy atom. The fourth-order valence-electron chi connectivity index (χ4n) is 2.43. The Labute approximate surface area is 158 Å². The maximum Gasteiger partial charge on any atom is 0.416 e. The lowest BCUT2D eigenvalue weighted by molar-refractivity contribution is -0.137. The maximum atomic E-state index is 12.7. The van der Waals surface area contributed by atoms with E-state index >= 15 is 0 Å². The average Bonchev–Trinajstić information content (AvgIpc) is 3.14. The van der Waals surface area contributed by atoms with Crippen molar-refractivity contribution < 1.29 is 27.1 Å².